The highest BCUT2D eigenvalue weighted by Gasteiger charge is 2.20. The predicted molar refractivity (Wildman–Crippen MR) is 104 cm³/mol. The first-order valence-electron chi connectivity index (χ1n) is 8.27. The van der Waals surface area contributed by atoms with E-state index < -0.39 is 5.97 Å². The summed E-state index contributed by atoms with van der Waals surface area (Å²) >= 11 is 4.87. The van der Waals surface area contributed by atoms with Crippen molar-refractivity contribution in [3.8, 4) is 0 Å². The summed E-state index contributed by atoms with van der Waals surface area (Å²) in [6.45, 7) is -0.0201. The van der Waals surface area contributed by atoms with Gasteiger partial charge in [0.2, 0.25) is 0 Å². The van der Waals surface area contributed by atoms with Gasteiger partial charge in [-0.1, -0.05) is 0 Å². The normalized spacial score (nSPS) is 14.0. The molecule has 3 aromatic rings. The number of nitrogens with zero attached hydrogens (tertiary/aromatic N) is 2. The van der Waals surface area contributed by atoms with E-state index >= 15 is 0 Å². The molecule has 3 heterocycles. The lowest BCUT2D eigenvalue weighted by molar-refractivity contribution is -0.139. The highest BCUT2D eigenvalue weighted by Crippen LogP contribution is 2.37. The van der Waals surface area contributed by atoms with Gasteiger partial charge in [0, 0.05) is 11.0 Å². The molecule has 0 atom stereocenters. The van der Waals surface area contributed by atoms with E-state index in [0.29, 0.717) is 22.1 Å². The molecule has 2 N–H and O–H groups in total. The maximum atomic E-state index is 11.9. The molecule has 0 saturated heterocycles. The van der Waals surface area contributed by atoms with E-state index in [1.807, 2.05) is 0 Å². The maximum absolute atomic E-state index is 11.9. The van der Waals surface area contributed by atoms with Gasteiger partial charge in [0.25, 0.3) is 0 Å². The van der Waals surface area contributed by atoms with Crippen LogP contribution in [0.25, 0.3) is 16.3 Å². The quantitative estimate of drug-likeness (QED) is 0.487. The van der Waals surface area contributed by atoms with Crippen LogP contribution in [0.5, 0.6) is 0 Å². The lowest BCUT2D eigenvalue weighted by Gasteiger charge is -2.10. The topological polar surface area (TPSA) is 91.2 Å². The van der Waals surface area contributed by atoms with Crippen molar-refractivity contribution in [2.75, 3.05) is 5.73 Å². The third-order valence-electron chi connectivity index (χ3n) is 4.21. The SMILES string of the molecule is Nc1nc(COC(=O)/C=C/c2ccc(Br)o2)nc2sc3c(c12)CCCC3. The number of carbonyl (C=O) groups is 1. The van der Waals surface area contributed by atoms with Gasteiger partial charge < -0.3 is 14.9 Å². The highest BCUT2D eigenvalue weighted by molar-refractivity contribution is 9.10. The molecular formula is C18H16BrN3O3S. The van der Waals surface area contributed by atoms with Crippen LogP contribution in [0.2, 0.25) is 0 Å². The van der Waals surface area contributed by atoms with Gasteiger partial charge in [-0.3, -0.25) is 0 Å². The molecule has 26 heavy (non-hydrogen) atoms. The summed E-state index contributed by atoms with van der Waals surface area (Å²) in [5, 5.41) is 0.975. The van der Waals surface area contributed by atoms with Crippen molar-refractivity contribution in [3.63, 3.8) is 0 Å². The minimum atomic E-state index is -0.495. The number of carbonyl (C=O) groups excluding carboxylic acids is 1. The second kappa shape index (κ2) is 7.20. The number of ether oxygens (including phenoxy) is 1. The molecule has 0 aliphatic heterocycles. The Hall–Kier alpha value is -2.19. The summed E-state index contributed by atoms with van der Waals surface area (Å²) in [5.41, 5.74) is 7.45. The second-order valence-electron chi connectivity index (χ2n) is 6.00. The van der Waals surface area contributed by atoms with Crippen LogP contribution in [0.15, 0.2) is 27.3 Å². The highest BCUT2D eigenvalue weighted by atomic mass is 79.9. The number of anilines is 1. The van der Waals surface area contributed by atoms with Crippen LogP contribution in [-0.4, -0.2) is 15.9 Å². The molecule has 0 aromatic carbocycles. The molecule has 0 amide bonds. The minimum Gasteiger partial charge on any atom is -0.454 e. The number of aryl methyl sites for hydroxylation is 2. The Bertz CT molecular complexity index is 1010. The van der Waals surface area contributed by atoms with Gasteiger partial charge in [-0.2, -0.15) is 0 Å². The summed E-state index contributed by atoms with van der Waals surface area (Å²) in [4.78, 5) is 23.0. The molecule has 0 bridgehead atoms. The van der Waals surface area contributed by atoms with Crippen LogP contribution >= 0.6 is 27.3 Å². The minimum absolute atomic E-state index is 0.0201. The molecule has 8 heteroatoms. The number of fused-ring (bicyclic) bond motifs is 3. The molecule has 6 nitrogen and oxygen atoms in total. The number of hydrogen-bond acceptors (Lipinski definition) is 7. The monoisotopic (exact) mass is 433 g/mol. The van der Waals surface area contributed by atoms with Crippen molar-refractivity contribution in [3.05, 3.63) is 44.9 Å². The standard InChI is InChI=1S/C18H16BrN3O3S/c19-13-7-5-10(25-13)6-8-15(23)24-9-14-21-17(20)16-11-3-1-2-4-12(11)26-18(16)22-14/h5-8H,1-4,9H2,(H2,20,21,22)/b8-6+. The van der Waals surface area contributed by atoms with Gasteiger partial charge in [0.1, 0.15) is 16.4 Å². The largest absolute Gasteiger partial charge is 0.454 e. The van der Waals surface area contributed by atoms with Crippen LogP contribution in [0.1, 0.15) is 34.9 Å². The number of nitrogens with two attached hydrogens (primary N) is 1. The zero-order valence-corrected chi connectivity index (χ0v) is 16.2. The van der Waals surface area contributed by atoms with Gasteiger partial charge in [-0.25, -0.2) is 14.8 Å². The lowest BCUT2D eigenvalue weighted by Crippen LogP contribution is -2.06. The Morgan fingerprint density at radius 3 is 3.00 bits per heavy atom. The molecule has 4 rings (SSSR count). The van der Waals surface area contributed by atoms with E-state index in [-0.39, 0.29) is 6.61 Å². The Morgan fingerprint density at radius 2 is 2.19 bits per heavy atom. The number of furan rings is 1. The first kappa shape index (κ1) is 17.2. The average Bonchev–Trinajstić information content (AvgIpc) is 3.21. The third-order valence-corrected chi connectivity index (χ3v) is 5.82. The second-order valence-corrected chi connectivity index (χ2v) is 7.86. The molecule has 3 aromatic heterocycles. The number of halogens is 1. The van der Waals surface area contributed by atoms with Crippen molar-refractivity contribution in [1.82, 2.24) is 9.97 Å². The van der Waals surface area contributed by atoms with Crippen molar-refractivity contribution in [1.29, 1.82) is 0 Å². The number of hydrogen-bond donors (Lipinski definition) is 1. The van der Waals surface area contributed by atoms with E-state index in [0.717, 1.165) is 23.1 Å². The first-order valence-corrected chi connectivity index (χ1v) is 9.88. The summed E-state index contributed by atoms with van der Waals surface area (Å²) in [6.07, 6.45) is 7.33. The molecule has 0 spiro atoms. The molecule has 1 aliphatic carbocycles. The number of esters is 1. The molecule has 0 radical (unpaired) electrons. The number of aromatic nitrogens is 2. The van der Waals surface area contributed by atoms with Crippen molar-refractivity contribution in [2.24, 2.45) is 0 Å². The number of rotatable bonds is 4. The number of thiophene rings is 1. The van der Waals surface area contributed by atoms with Crippen LogP contribution in [-0.2, 0) is 29.0 Å². The lowest BCUT2D eigenvalue weighted by atomic mass is 9.97. The van der Waals surface area contributed by atoms with Gasteiger partial charge in [0.15, 0.2) is 17.1 Å². The summed E-state index contributed by atoms with van der Waals surface area (Å²) in [7, 11) is 0. The fraction of sp³-hybridized carbons (Fsp3) is 0.278. The molecular weight excluding hydrogens is 418 g/mol. The molecule has 0 unspecified atom stereocenters. The van der Waals surface area contributed by atoms with Gasteiger partial charge in [-0.15, -0.1) is 11.3 Å². The molecule has 0 fully saturated rings. The van der Waals surface area contributed by atoms with Crippen molar-refractivity contribution < 1.29 is 13.9 Å². The first-order chi connectivity index (χ1) is 12.6. The summed E-state index contributed by atoms with van der Waals surface area (Å²) in [5.74, 6) is 0.942. The van der Waals surface area contributed by atoms with Crippen molar-refractivity contribution in [2.45, 2.75) is 32.3 Å². The van der Waals surface area contributed by atoms with E-state index in [1.54, 1.807) is 29.5 Å². The average molecular weight is 434 g/mol. The number of nitrogen functional groups attached to an aromatic ring is 1. The molecule has 134 valence electrons. The van der Waals surface area contributed by atoms with E-state index in [1.165, 1.54) is 29.4 Å². The Morgan fingerprint density at radius 1 is 1.35 bits per heavy atom. The van der Waals surface area contributed by atoms with Crippen molar-refractivity contribution >= 4 is 55.3 Å². The van der Waals surface area contributed by atoms with Crippen LogP contribution in [0.4, 0.5) is 5.82 Å². The zero-order valence-electron chi connectivity index (χ0n) is 13.8. The van der Waals surface area contributed by atoms with E-state index in [4.69, 9.17) is 14.9 Å². The van der Waals surface area contributed by atoms with Crippen LogP contribution < -0.4 is 5.73 Å². The maximum Gasteiger partial charge on any atom is 0.331 e. The Balaban J connectivity index is 1.47. The molecule has 0 saturated carbocycles. The third kappa shape index (κ3) is 3.52. The fourth-order valence-electron chi connectivity index (χ4n) is 3.05. The predicted octanol–water partition coefficient (Wildman–Crippen LogP) is 4.26. The molecule has 1 aliphatic rings. The van der Waals surface area contributed by atoms with Gasteiger partial charge in [-0.05, 0) is 65.4 Å². The van der Waals surface area contributed by atoms with E-state index in [9.17, 15) is 4.79 Å². The van der Waals surface area contributed by atoms with Gasteiger partial charge >= 0.3 is 5.97 Å². The van der Waals surface area contributed by atoms with Gasteiger partial charge in [0.05, 0.1) is 5.39 Å². The Labute approximate surface area is 162 Å². The fourth-order valence-corrected chi connectivity index (χ4v) is 4.65. The smallest absolute Gasteiger partial charge is 0.331 e. The van der Waals surface area contributed by atoms with E-state index in [2.05, 4.69) is 25.9 Å². The van der Waals surface area contributed by atoms with Crippen LogP contribution in [0.3, 0.4) is 0 Å². The summed E-state index contributed by atoms with van der Waals surface area (Å²) < 4.78 is 11.1. The summed E-state index contributed by atoms with van der Waals surface area (Å²) in [6, 6.07) is 3.49. The van der Waals surface area contributed by atoms with Crippen LogP contribution in [0, 0.1) is 0 Å². The zero-order chi connectivity index (χ0) is 18.1. The Kier molecular flexibility index (Phi) is 4.78.